The molecule has 2 aliphatic rings. The lowest BCUT2D eigenvalue weighted by molar-refractivity contribution is -0.135. The SMILES string of the molecule is CN(C(=O)C(N)C1CCOCC1)C1CCCN(c2ccccc2)C1. The van der Waals surface area contributed by atoms with Crippen LogP contribution < -0.4 is 10.6 Å². The molecule has 2 aliphatic heterocycles. The number of benzene rings is 1. The number of anilines is 1. The maximum atomic E-state index is 12.8. The summed E-state index contributed by atoms with van der Waals surface area (Å²) in [7, 11) is 1.92. The van der Waals surface area contributed by atoms with Crippen LogP contribution >= 0.6 is 0 Å². The highest BCUT2D eigenvalue weighted by Gasteiger charge is 2.33. The van der Waals surface area contributed by atoms with Crippen molar-refractivity contribution in [2.75, 3.05) is 38.3 Å². The van der Waals surface area contributed by atoms with Gasteiger partial charge >= 0.3 is 0 Å². The summed E-state index contributed by atoms with van der Waals surface area (Å²) in [6, 6.07) is 10.3. The van der Waals surface area contributed by atoms with E-state index < -0.39 is 6.04 Å². The zero-order valence-electron chi connectivity index (χ0n) is 14.6. The third-order valence-corrected chi connectivity index (χ3v) is 5.47. The normalized spacial score (nSPS) is 23.8. The first-order chi connectivity index (χ1) is 11.7. The number of carbonyl (C=O) groups excluding carboxylic acids is 1. The molecule has 5 nitrogen and oxygen atoms in total. The van der Waals surface area contributed by atoms with Crippen LogP contribution in [0.15, 0.2) is 30.3 Å². The van der Waals surface area contributed by atoms with Crippen LogP contribution in [0.25, 0.3) is 0 Å². The van der Waals surface area contributed by atoms with Crippen LogP contribution in [0.5, 0.6) is 0 Å². The summed E-state index contributed by atoms with van der Waals surface area (Å²) in [5, 5.41) is 0. The van der Waals surface area contributed by atoms with Gasteiger partial charge in [0.05, 0.1) is 6.04 Å². The molecule has 0 radical (unpaired) electrons. The van der Waals surface area contributed by atoms with E-state index in [0.29, 0.717) is 0 Å². The zero-order chi connectivity index (χ0) is 16.9. The van der Waals surface area contributed by atoms with E-state index in [0.717, 1.165) is 52.0 Å². The van der Waals surface area contributed by atoms with E-state index in [1.54, 1.807) is 0 Å². The highest BCUT2D eigenvalue weighted by Crippen LogP contribution is 2.24. The van der Waals surface area contributed by atoms with Crippen molar-refractivity contribution in [3.05, 3.63) is 30.3 Å². The van der Waals surface area contributed by atoms with E-state index in [-0.39, 0.29) is 17.9 Å². The summed E-state index contributed by atoms with van der Waals surface area (Å²) in [6.07, 6.45) is 3.93. The maximum absolute atomic E-state index is 12.8. The summed E-state index contributed by atoms with van der Waals surface area (Å²) in [6.45, 7) is 3.38. The Balaban J connectivity index is 1.61. The molecule has 24 heavy (non-hydrogen) atoms. The van der Waals surface area contributed by atoms with Gasteiger partial charge in [0, 0.05) is 45.1 Å². The first kappa shape index (κ1) is 17.2. The highest BCUT2D eigenvalue weighted by atomic mass is 16.5. The molecule has 1 amide bonds. The third-order valence-electron chi connectivity index (χ3n) is 5.47. The summed E-state index contributed by atoms with van der Waals surface area (Å²) < 4.78 is 5.38. The molecule has 2 atom stereocenters. The average molecular weight is 331 g/mol. The molecule has 0 aromatic heterocycles. The molecular formula is C19H29N3O2. The van der Waals surface area contributed by atoms with Gasteiger partial charge in [-0.2, -0.15) is 0 Å². The first-order valence-electron chi connectivity index (χ1n) is 9.07. The Kier molecular flexibility index (Phi) is 5.74. The maximum Gasteiger partial charge on any atom is 0.239 e. The number of hydrogen-bond acceptors (Lipinski definition) is 4. The summed E-state index contributed by atoms with van der Waals surface area (Å²) in [5.74, 6) is 0.337. The van der Waals surface area contributed by atoms with Crippen molar-refractivity contribution in [3.63, 3.8) is 0 Å². The molecule has 0 bridgehead atoms. The molecule has 5 heteroatoms. The van der Waals surface area contributed by atoms with Gasteiger partial charge in [-0.25, -0.2) is 0 Å². The van der Waals surface area contributed by atoms with Crippen LogP contribution in [-0.2, 0) is 9.53 Å². The predicted molar refractivity (Wildman–Crippen MR) is 96.0 cm³/mol. The van der Waals surface area contributed by atoms with Gasteiger partial charge in [0.1, 0.15) is 0 Å². The Hall–Kier alpha value is -1.59. The second-order valence-corrected chi connectivity index (χ2v) is 7.00. The van der Waals surface area contributed by atoms with E-state index >= 15 is 0 Å². The molecular weight excluding hydrogens is 302 g/mol. The van der Waals surface area contributed by atoms with Crippen molar-refractivity contribution in [2.24, 2.45) is 11.7 Å². The van der Waals surface area contributed by atoms with Gasteiger partial charge in [0.2, 0.25) is 5.91 Å². The van der Waals surface area contributed by atoms with Crippen molar-refractivity contribution >= 4 is 11.6 Å². The second kappa shape index (κ2) is 7.99. The molecule has 2 unspecified atom stereocenters. The molecule has 0 aliphatic carbocycles. The fourth-order valence-electron chi connectivity index (χ4n) is 3.84. The minimum Gasteiger partial charge on any atom is -0.381 e. The summed E-state index contributed by atoms with van der Waals surface area (Å²) in [4.78, 5) is 17.1. The monoisotopic (exact) mass is 331 g/mol. The molecule has 2 heterocycles. The van der Waals surface area contributed by atoms with Crippen molar-refractivity contribution in [1.29, 1.82) is 0 Å². The smallest absolute Gasteiger partial charge is 0.239 e. The van der Waals surface area contributed by atoms with Crippen LogP contribution in [0.4, 0.5) is 5.69 Å². The van der Waals surface area contributed by atoms with Crippen molar-refractivity contribution in [2.45, 2.75) is 37.8 Å². The molecule has 1 aromatic rings. The molecule has 2 fully saturated rings. The average Bonchev–Trinajstić information content (AvgIpc) is 2.67. The zero-order valence-corrected chi connectivity index (χ0v) is 14.6. The van der Waals surface area contributed by atoms with E-state index in [1.807, 2.05) is 18.0 Å². The Morgan fingerprint density at radius 3 is 2.67 bits per heavy atom. The van der Waals surface area contributed by atoms with Gasteiger partial charge in [0.15, 0.2) is 0 Å². The van der Waals surface area contributed by atoms with Crippen LogP contribution in [0.2, 0.25) is 0 Å². The fourth-order valence-corrected chi connectivity index (χ4v) is 3.84. The minimum absolute atomic E-state index is 0.0850. The molecule has 0 spiro atoms. The van der Waals surface area contributed by atoms with Crippen molar-refractivity contribution in [3.8, 4) is 0 Å². The van der Waals surface area contributed by atoms with Crippen molar-refractivity contribution in [1.82, 2.24) is 4.90 Å². The van der Waals surface area contributed by atoms with E-state index in [2.05, 4.69) is 29.2 Å². The predicted octanol–water partition coefficient (Wildman–Crippen LogP) is 1.87. The number of ether oxygens (including phenoxy) is 1. The highest BCUT2D eigenvalue weighted by molar-refractivity contribution is 5.82. The summed E-state index contributed by atoms with van der Waals surface area (Å²) >= 11 is 0. The number of carbonyl (C=O) groups is 1. The Morgan fingerprint density at radius 2 is 1.96 bits per heavy atom. The van der Waals surface area contributed by atoms with Crippen LogP contribution in [-0.4, -0.2) is 56.2 Å². The molecule has 3 rings (SSSR count). The van der Waals surface area contributed by atoms with Crippen LogP contribution in [0.3, 0.4) is 0 Å². The fraction of sp³-hybridized carbons (Fsp3) is 0.632. The van der Waals surface area contributed by atoms with E-state index in [1.165, 1.54) is 5.69 Å². The largest absolute Gasteiger partial charge is 0.381 e. The Bertz CT molecular complexity index is 531. The number of hydrogen-bond donors (Lipinski definition) is 1. The minimum atomic E-state index is -0.397. The second-order valence-electron chi connectivity index (χ2n) is 7.00. The number of nitrogens with two attached hydrogens (primary N) is 1. The van der Waals surface area contributed by atoms with Gasteiger partial charge < -0.3 is 20.3 Å². The lowest BCUT2D eigenvalue weighted by Gasteiger charge is -2.40. The molecule has 1 aromatic carbocycles. The Labute approximate surface area is 144 Å². The van der Waals surface area contributed by atoms with Gasteiger partial charge in [-0.3, -0.25) is 4.79 Å². The lowest BCUT2D eigenvalue weighted by Crippen LogP contribution is -2.54. The molecule has 132 valence electrons. The number of rotatable bonds is 4. The number of para-hydroxylation sites is 1. The molecule has 2 saturated heterocycles. The quantitative estimate of drug-likeness (QED) is 0.915. The third kappa shape index (κ3) is 3.90. The molecule has 0 saturated carbocycles. The van der Waals surface area contributed by atoms with Gasteiger partial charge in [0.25, 0.3) is 0 Å². The van der Waals surface area contributed by atoms with Crippen LogP contribution in [0, 0.1) is 5.92 Å². The number of amides is 1. The topological polar surface area (TPSA) is 58.8 Å². The Morgan fingerprint density at radius 1 is 1.25 bits per heavy atom. The number of likely N-dealkylation sites (N-methyl/N-ethyl adjacent to an activating group) is 1. The van der Waals surface area contributed by atoms with Gasteiger partial charge in [-0.05, 0) is 43.7 Å². The summed E-state index contributed by atoms with van der Waals surface area (Å²) in [5.41, 5.74) is 7.52. The van der Waals surface area contributed by atoms with Gasteiger partial charge in [-0.15, -0.1) is 0 Å². The van der Waals surface area contributed by atoms with E-state index in [9.17, 15) is 4.79 Å². The standard InChI is InChI=1S/C19H29N3O2/c1-21(19(23)18(20)15-9-12-24-13-10-15)17-8-5-11-22(14-17)16-6-3-2-4-7-16/h2-4,6-7,15,17-18H,5,8-14,20H2,1H3. The van der Waals surface area contributed by atoms with E-state index in [4.69, 9.17) is 10.5 Å². The van der Waals surface area contributed by atoms with Crippen molar-refractivity contribution < 1.29 is 9.53 Å². The van der Waals surface area contributed by atoms with Gasteiger partial charge in [-0.1, -0.05) is 18.2 Å². The number of piperidine rings is 1. The van der Waals surface area contributed by atoms with Crippen LogP contribution in [0.1, 0.15) is 25.7 Å². The molecule has 2 N–H and O–H groups in total. The first-order valence-corrected chi connectivity index (χ1v) is 9.07. The number of nitrogens with zero attached hydrogens (tertiary/aromatic N) is 2. The lowest BCUT2D eigenvalue weighted by atomic mass is 9.91.